The molecule has 14 heavy (non-hydrogen) atoms. The van der Waals surface area contributed by atoms with Crippen LogP contribution < -0.4 is 5.30 Å². The fraction of sp³-hybridized carbons (Fsp3) is 0.250. The third kappa shape index (κ3) is 1.83. The molecule has 2 rings (SSSR count). The molecule has 0 aliphatic carbocycles. The molecule has 0 unspecified atom stereocenters. The Morgan fingerprint density at radius 3 is 2.50 bits per heavy atom. The second-order valence-electron chi connectivity index (χ2n) is 2.76. The van der Waals surface area contributed by atoms with Crippen LogP contribution in [0.15, 0.2) is 18.2 Å². The minimum absolute atomic E-state index is 0.320. The zero-order valence-electron chi connectivity index (χ0n) is 7.07. The molecule has 1 aliphatic heterocycles. The first-order valence-electron chi connectivity index (χ1n) is 3.96. The fourth-order valence-corrected chi connectivity index (χ4v) is 3.48. The molecule has 1 heterocycles. The number of hydrogen-bond donors (Lipinski definition) is 0. The maximum atomic E-state index is 12.0. The van der Waals surface area contributed by atoms with Crippen LogP contribution >= 0.6 is 30.8 Å². The van der Waals surface area contributed by atoms with E-state index in [1.54, 1.807) is 12.1 Å². The largest absolute Gasteiger partial charge is 0.363 e. The normalized spacial score (nSPS) is 19.9. The van der Waals surface area contributed by atoms with E-state index in [4.69, 9.17) is 32.2 Å². The molecule has 3 nitrogen and oxygen atoms in total. The van der Waals surface area contributed by atoms with Gasteiger partial charge in [-0.2, -0.15) is 0 Å². The van der Waals surface area contributed by atoms with Crippen LogP contribution in [0.25, 0.3) is 0 Å². The van der Waals surface area contributed by atoms with Gasteiger partial charge in [-0.25, -0.2) is 0 Å². The van der Waals surface area contributed by atoms with Crippen LogP contribution in [0.4, 0.5) is 0 Å². The van der Waals surface area contributed by atoms with Crippen molar-refractivity contribution in [3.05, 3.63) is 28.2 Å². The summed E-state index contributed by atoms with van der Waals surface area (Å²) in [6.07, 6.45) is 0. The van der Waals surface area contributed by atoms with Gasteiger partial charge in [0.2, 0.25) is 0 Å². The zero-order chi connectivity index (χ0) is 10.2. The molecule has 1 aliphatic rings. The first-order chi connectivity index (χ1) is 6.62. The Morgan fingerprint density at radius 2 is 1.86 bits per heavy atom. The highest BCUT2D eigenvalue weighted by atomic mass is 35.5. The minimum atomic E-state index is -3.20. The van der Waals surface area contributed by atoms with Crippen LogP contribution in [0.2, 0.25) is 10.0 Å². The minimum Gasteiger partial charge on any atom is -0.303 e. The third-order valence-electron chi connectivity index (χ3n) is 1.81. The zero-order valence-corrected chi connectivity index (χ0v) is 9.48. The summed E-state index contributed by atoms with van der Waals surface area (Å²) in [7, 11) is -3.20. The molecular formula is C8H7Cl2O3P. The van der Waals surface area contributed by atoms with Gasteiger partial charge in [-0.3, -0.25) is 4.57 Å². The first-order valence-corrected chi connectivity index (χ1v) is 6.26. The lowest BCUT2D eigenvalue weighted by atomic mass is 10.4. The number of benzene rings is 1. The lowest BCUT2D eigenvalue weighted by Gasteiger charge is -2.11. The topological polar surface area (TPSA) is 35.5 Å². The molecule has 1 saturated heterocycles. The SMILES string of the molecule is O=P1(c2cc(Cl)ccc2Cl)OCCO1. The molecule has 0 N–H and O–H groups in total. The number of hydrogen-bond acceptors (Lipinski definition) is 3. The van der Waals surface area contributed by atoms with Crippen LogP contribution in [-0.4, -0.2) is 13.2 Å². The molecule has 1 aromatic rings. The average Bonchev–Trinajstić information content (AvgIpc) is 2.58. The van der Waals surface area contributed by atoms with Crippen molar-refractivity contribution in [3.8, 4) is 0 Å². The van der Waals surface area contributed by atoms with Crippen molar-refractivity contribution in [2.45, 2.75) is 0 Å². The fourth-order valence-electron chi connectivity index (χ4n) is 1.19. The van der Waals surface area contributed by atoms with Gasteiger partial charge in [0.05, 0.1) is 23.5 Å². The Balaban J connectivity index is 2.49. The van der Waals surface area contributed by atoms with Gasteiger partial charge in [-0.05, 0) is 18.2 Å². The predicted octanol–water partition coefficient (Wildman–Crippen LogP) is 2.86. The van der Waals surface area contributed by atoms with E-state index in [-0.39, 0.29) is 0 Å². The van der Waals surface area contributed by atoms with E-state index in [1.807, 2.05) is 0 Å². The van der Waals surface area contributed by atoms with Crippen LogP contribution in [0.5, 0.6) is 0 Å². The maximum absolute atomic E-state index is 12.0. The summed E-state index contributed by atoms with van der Waals surface area (Å²) in [6.45, 7) is 0.639. The Bertz CT molecular complexity index is 398. The molecule has 0 radical (unpaired) electrons. The summed E-state index contributed by atoms with van der Waals surface area (Å²) in [6, 6.07) is 4.70. The van der Waals surface area contributed by atoms with E-state index < -0.39 is 7.60 Å². The molecule has 0 aromatic heterocycles. The standard InChI is InChI=1S/C8H7Cl2O3P/c9-6-1-2-7(10)8(5-6)14(11)12-3-4-13-14/h1-2,5H,3-4H2. The van der Waals surface area contributed by atoms with Crippen molar-refractivity contribution < 1.29 is 13.6 Å². The maximum Gasteiger partial charge on any atom is 0.363 e. The number of rotatable bonds is 1. The Morgan fingerprint density at radius 1 is 1.21 bits per heavy atom. The summed E-state index contributed by atoms with van der Waals surface area (Å²) >= 11 is 11.6. The van der Waals surface area contributed by atoms with Crippen molar-refractivity contribution in [3.63, 3.8) is 0 Å². The van der Waals surface area contributed by atoms with Crippen LogP contribution in [-0.2, 0) is 13.6 Å². The van der Waals surface area contributed by atoms with Gasteiger partial charge in [0.25, 0.3) is 0 Å². The summed E-state index contributed by atoms with van der Waals surface area (Å²) in [5, 5.41) is 1.14. The van der Waals surface area contributed by atoms with Gasteiger partial charge in [0.15, 0.2) is 0 Å². The smallest absolute Gasteiger partial charge is 0.303 e. The summed E-state index contributed by atoms with van der Waals surface area (Å²) in [5.41, 5.74) is 0. The highest BCUT2D eigenvalue weighted by Gasteiger charge is 2.34. The lowest BCUT2D eigenvalue weighted by Crippen LogP contribution is -2.06. The second-order valence-corrected chi connectivity index (χ2v) is 5.60. The van der Waals surface area contributed by atoms with Crippen LogP contribution in [0.1, 0.15) is 0 Å². The van der Waals surface area contributed by atoms with E-state index >= 15 is 0 Å². The highest BCUT2D eigenvalue weighted by Crippen LogP contribution is 2.52. The average molecular weight is 253 g/mol. The van der Waals surface area contributed by atoms with Gasteiger partial charge >= 0.3 is 7.60 Å². The summed E-state index contributed by atoms with van der Waals surface area (Å²) < 4.78 is 22.1. The summed E-state index contributed by atoms with van der Waals surface area (Å²) in [5.74, 6) is 0. The Labute approximate surface area is 91.5 Å². The molecule has 1 aromatic carbocycles. The predicted molar refractivity (Wildman–Crippen MR) is 55.6 cm³/mol. The molecule has 76 valence electrons. The molecule has 0 bridgehead atoms. The van der Waals surface area contributed by atoms with Crippen molar-refractivity contribution in [1.82, 2.24) is 0 Å². The van der Waals surface area contributed by atoms with E-state index in [0.717, 1.165) is 0 Å². The van der Waals surface area contributed by atoms with Crippen molar-refractivity contribution in [1.29, 1.82) is 0 Å². The van der Waals surface area contributed by atoms with Gasteiger partial charge < -0.3 is 9.05 Å². The number of halogens is 2. The van der Waals surface area contributed by atoms with E-state index in [9.17, 15) is 4.57 Å². The highest BCUT2D eigenvalue weighted by molar-refractivity contribution is 7.62. The quantitative estimate of drug-likeness (QED) is 0.722. The second kappa shape index (κ2) is 3.84. The molecule has 1 fully saturated rings. The van der Waals surface area contributed by atoms with E-state index in [2.05, 4.69) is 0 Å². The van der Waals surface area contributed by atoms with Crippen molar-refractivity contribution in [2.75, 3.05) is 13.2 Å². The first kappa shape index (κ1) is 10.5. The van der Waals surface area contributed by atoms with Gasteiger partial charge in [-0.1, -0.05) is 23.2 Å². The van der Waals surface area contributed by atoms with Gasteiger partial charge in [-0.15, -0.1) is 0 Å². The molecule has 0 amide bonds. The Hall–Kier alpha value is -0.0500. The van der Waals surface area contributed by atoms with Crippen molar-refractivity contribution in [2.24, 2.45) is 0 Å². The molecule has 0 spiro atoms. The molecular weight excluding hydrogens is 246 g/mol. The third-order valence-corrected chi connectivity index (χ3v) is 4.51. The molecule has 0 atom stereocenters. The molecule has 0 saturated carbocycles. The van der Waals surface area contributed by atoms with Gasteiger partial charge in [0.1, 0.15) is 0 Å². The van der Waals surface area contributed by atoms with Crippen LogP contribution in [0.3, 0.4) is 0 Å². The monoisotopic (exact) mass is 252 g/mol. The van der Waals surface area contributed by atoms with Gasteiger partial charge in [0, 0.05) is 5.02 Å². The lowest BCUT2D eigenvalue weighted by molar-refractivity contribution is 0.365. The van der Waals surface area contributed by atoms with Crippen LogP contribution in [0, 0.1) is 0 Å². The van der Waals surface area contributed by atoms with Crippen molar-refractivity contribution >= 4 is 36.1 Å². The van der Waals surface area contributed by atoms with E-state index in [1.165, 1.54) is 6.07 Å². The Kier molecular flexibility index (Phi) is 2.87. The summed E-state index contributed by atoms with van der Waals surface area (Å²) in [4.78, 5) is 0. The molecule has 6 heteroatoms. The van der Waals surface area contributed by atoms with E-state index in [0.29, 0.717) is 28.6 Å².